The van der Waals surface area contributed by atoms with Gasteiger partial charge in [0.2, 0.25) is 0 Å². The summed E-state index contributed by atoms with van der Waals surface area (Å²) in [5.74, 6) is 2.53. The third-order valence-electron chi connectivity index (χ3n) is 1.64. The molecule has 0 aliphatic heterocycles. The number of hydrogen-bond donors (Lipinski definition) is 0. The molecule has 0 atom stereocenters. The third kappa shape index (κ3) is 1.78. The molecule has 1 aromatic carbocycles. The van der Waals surface area contributed by atoms with Crippen molar-refractivity contribution in [3.8, 4) is 12.3 Å². The van der Waals surface area contributed by atoms with Crippen molar-refractivity contribution in [2.24, 2.45) is 0 Å². The van der Waals surface area contributed by atoms with Gasteiger partial charge in [-0.1, -0.05) is 24.1 Å². The predicted octanol–water partition coefficient (Wildman–Crippen LogP) is 1.92. The van der Waals surface area contributed by atoms with Crippen LogP contribution in [0.4, 0.5) is 0 Å². The van der Waals surface area contributed by atoms with Crippen LogP contribution in [-0.2, 0) is 4.57 Å². The fourth-order valence-electron chi connectivity index (χ4n) is 1.07. The number of terminal acetylenes is 1. The van der Waals surface area contributed by atoms with Gasteiger partial charge in [-0.15, -0.1) is 6.42 Å². The fraction of sp³-hybridized carbons (Fsp3) is 0.200. The lowest BCUT2D eigenvalue weighted by Gasteiger charge is -2.08. The molecule has 0 unspecified atom stereocenters. The second-order valence-corrected chi connectivity index (χ2v) is 6.20. The van der Waals surface area contributed by atoms with E-state index in [-0.39, 0.29) is 0 Å². The number of hydrogen-bond acceptors (Lipinski definition) is 1. The molecule has 0 fully saturated rings. The van der Waals surface area contributed by atoms with Crippen LogP contribution in [0.15, 0.2) is 24.3 Å². The quantitative estimate of drug-likeness (QED) is 0.474. The van der Waals surface area contributed by atoms with E-state index in [2.05, 4.69) is 5.92 Å². The lowest BCUT2D eigenvalue weighted by Crippen LogP contribution is -2.06. The van der Waals surface area contributed by atoms with Crippen LogP contribution >= 0.6 is 7.14 Å². The Balaban J connectivity index is 3.36. The fourth-order valence-corrected chi connectivity index (χ4v) is 2.23. The molecular weight excluding hydrogens is 167 g/mol. The first-order valence-electron chi connectivity index (χ1n) is 3.67. The maximum absolute atomic E-state index is 11.7. The average molecular weight is 178 g/mol. The highest BCUT2D eigenvalue weighted by molar-refractivity contribution is 7.70. The lowest BCUT2D eigenvalue weighted by atomic mass is 10.2. The minimum Gasteiger partial charge on any atom is -0.319 e. The van der Waals surface area contributed by atoms with Crippen molar-refractivity contribution in [3.63, 3.8) is 0 Å². The first kappa shape index (κ1) is 9.10. The summed E-state index contributed by atoms with van der Waals surface area (Å²) in [6, 6.07) is 7.36. The van der Waals surface area contributed by atoms with Crippen molar-refractivity contribution in [1.29, 1.82) is 0 Å². The smallest absolute Gasteiger partial charge is 0.111 e. The summed E-state index contributed by atoms with van der Waals surface area (Å²) >= 11 is 0. The zero-order valence-electron chi connectivity index (χ0n) is 7.24. The van der Waals surface area contributed by atoms with Gasteiger partial charge in [-0.2, -0.15) is 0 Å². The highest BCUT2D eigenvalue weighted by Crippen LogP contribution is 2.35. The molecule has 0 spiro atoms. The van der Waals surface area contributed by atoms with Gasteiger partial charge < -0.3 is 4.57 Å². The van der Waals surface area contributed by atoms with Crippen LogP contribution in [-0.4, -0.2) is 13.3 Å². The van der Waals surface area contributed by atoms with Crippen molar-refractivity contribution in [1.82, 2.24) is 0 Å². The zero-order valence-corrected chi connectivity index (χ0v) is 8.14. The van der Waals surface area contributed by atoms with Gasteiger partial charge >= 0.3 is 0 Å². The van der Waals surface area contributed by atoms with E-state index in [1.54, 1.807) is 13.3 Å². The molecule has 0 bridgehead atoms. The summed E-state index contributed by atoms with van der Waals surface area (Å²) in [6.07, 6.45) is 5.28. The maximum Gasteiger partial charge on any atom is 0.111 e. The molecule has 1 aromatic rings. The van der Waals surface area contributed by atoms with Crippen molar-refractivity contribution >= 4 is 12.4 Å². The molecule has 0 heterocycles. The monoisotopic (exact) mass is 178 g/mol. The van der Waals surface area contributed by atoms with E-state index in [4.69, 9.17) is 6.42 Å². The molecule has 2 heteroatoms. The Hall–Kier alpha value is -0.990. The Morgan fingerprint density at radius 2 is 1.92 bits per heavy atom. The molecule has 0 saturated heterocycles. The standard InChI is InChI=1S/C10H11OP/c1-4-9-7-5-6-8-10(9)12(2,3)11/h1,5-8H,2-3H3. The first-order chi connectivity index (χ1) is 5.55. The van der Waals surface area contributed by atoms with E-state index in [0.717, 1.165) is 10.9 Å². The SMILES string of the molecule is C#Cc1ccccc1P(C)(C)=O. The summed E-state index contributed by atoms with van der Waals surface area (Å²) < 4.78 is 11.7. The molecule has 0 N–H and O–H groups in total. The highest BCUT2D eigenvalue weighted by atomic mass is 31.2. The normalized spacial score (nSPS) is 10.8. The van der Waals surface area contributed by atoms with Crippen molar-refractivity contribution < 1.29 is 4.57 Å². The summed E-state index contributed by atoms with van der Waals surface area (Å²) in [7, 11) is -2.21. The first-order valence-corrected chi connectivity index (χ1v) is 6.27. The highest BCUT2D eigenvalue weighted by Gasteiger charge is 2.13. The molecule has 0 radical (unpaired) electrons. The largest absolute Gasteiger partial charge is 0.319 e. The van der Waals surface area contributed by atoms with Gasteiger partial charge in [0.05, 0.1) is 0 Å². The summed E-state index contributed by atoms with van der Waals surface area (Å²) in [5, 5.41) is 0.799. The molecule has 62 valence electrons. The van der Waals surface area contributed by atoms with Gasteiger partial charge in [-0.3, -0.25) is 0 Å². The summed E-state index contributed by atoms with van der Waals surface area (Å²) in [6.45, 7) is 3.45. The van der Waals surface area contributed by atoms with Crippen LogP contribution in [0.1, 0.15) is 5.56 Å². The Kier molecular flexibility index (Phi) is 2.40. The number of benzene rings is 1. The third-order valence-corrected chi connectivity index (χ3v) is 3.19. The van der Waals surface area contributed by atoms with E-state index < -0.39 is 7.14 Å². The summed E-state index contributed by atoms with van der Waals surface area (Å²) in [4.78, 5) is 0. The predicted molar refractivity (Wildman–Crippen MR) is 53.5 cm³/mol. The molecule has 0 aliphatic rings. The Bertz CT molecular complexity index is 368. The molecule has 0 aromatic heterocycles. The van der Waals surface area contributed by atoms with Gasteiger partial charge in [0.15, 0.2) is 0 Å². The summed E-state index contributed by atoms with van der Waals surface area (Å²) in [5.41, 5.74) is 0.742. The Morgan fingerprint density at radius 3 is 2.33 bits per heavy atom. The Morgan fingerprint density at radius 1 is 1.33 bits per heavy atom. The van der Waals surface area contributed by atoms with Crippen LogP contribution < -0.4 is 5.30 Å². The van der Waals surface area contributed by atoms with E-state index in [1.165, 1.54) is 0 Å². The molecule has 0 saturated carbocycles. The van der Waals surface area contributed by atoms with Gasteiger partial charge in [0.1, 0.15) is 7.14 Å². The minimum absolute atomic E-state index is 0.742. The molecule has 0 aliphatic carbocycles. The maximum atomic E-state index is 11.7. The second-order valence-electron chi connectivity index (χ2n) is 3.01. The van der Waals surface area contributed by atoms with E-state index in [9.17, 15) is 4.57 Å². The average Bonchev–Trinajstić information content (AvgIpc) is 2.03. The molecule has 1 nitrogen and oxygen atoms in total. The van der Waals surface area contributed by atoms with E-state index in [1.807, 2.05) is 24.3 Å². The Labute approximate surface area is 73.2 Å². The van der Waals surface area contributed by atoms with Crippen molar-refractivity contribution in [2.75, 3.05) is 13.3 Å². The van der Waals surface area contributed by atoms with Crippen LogP contribution in [0.2, 0.25) is 0 Å². The van der Waals surface area contributed by atoms with Gasteiger partial charge in [0.25, 0.3) is 0 Å². The van der Waals surface area contributed by atoms with Crippen molar-refractivity contribution in [2.45, 2.75) is 0 Å². The van der Waals surface area contributed by atoms with Crippen LogP contribution in [0.3, 0.4) is 0 Å². The van der Waals surface area contributed by atoms with Gasteiger partial charge in [-0.05, 0) is 19.4 Å². The lowest BCUT2D eigenvalue weighted by molar-refractivity contribution is 0.588. The van der Waals surface area contributed by atoms with Gasteiger partial charge in [-0.25, -0.2) is 0 Å². The van der Waals surface area contributed by atoms with Crippen LogP contribution in [0.25, 0.3) is 0 Å². The van der Waals surface area contributed by atoms with Crippen molar-refractivity contribution in [3.05, 3.63) is 29.8 Å². The van der Waals surface area contributed by atoms with E-state index >= 15 is 0 Å². The van der Waals surface area contributed by atoms with Crippen LogP contribution in [0, 0.1) is 12.3 Å². The molecule has 1 rings (SSSR count). The van der Waals surface area contributed by atoms with Gasteiger partial charge in [0, 0.05) is 10.9 Å². The minimum atomic E-state index is -2.21. The zero-order chi connectivity index (χ0) is 9.19. The molecule has 12 heavy (non-hydrogen) atoms. The van der Waals surface area contributed by atoms with E-state index in [0.29, 0.717) is 0 Å². The number of rotatable bonds is 1. The second kappa shape index (κ2) is 3.17. The molecular formula is C10H11OP. The van der Waals surface area contributed by atoms with Crippen LogP contribution in [0.5, 0.6) is 0 Å². The molecule has 0 amide bonds. The topological polar surface area (TPSA) is 17.1 Å².